The molecular weight excluding hydrogens is 1820 g/mol. The van der Waals surface area contributed by atoms with Gasteiger partial charge in [-0.15, -0.1) is 0 Å². The molecule has 0 aliphatic carbocycles. The van der Waals surface area contributed by atoms with Crippen LogP contribution in [0.4, 0.5) is 0 Å². The minimum absolute atomic E-state index is 0.0515. The maximum Gasteiger partial charge on any atom is 0.335 e. The quantitative estimate of drug-likeness (QED) is 0.0363. The van der Waals surface area contributed by atoms with E-state index in [9.17, 15) is 53.7 Å². The van der Waals surface area contributed by atoms with Gasteiger partial charge in [0.05, 0.1) is 31.6 Å². The van der Waals surface area contributed by atoms with Gasteiger partial charge in [0.25, 0.3) is 0 Å². The second-order valence-corrected chi connectivity index (χ2v) is 36.2. The summed E-state index contributed by atoms with van der Waals surface area (Å²) < 4.78 is 11.2. The van der Waals surface area contributed by atoms with Crippen molar-refractivity contribution in [3.05, 3.63) is 203 Å². The Labute approximate surface area is 811 Å². The zero-order chi connectivity index (χ0) is 102. The Morgan fingerprint density at radius 2 is 1.09 bits per heavy atom. The molecule has 12 rings (SSSR count). The number of phenolic OH excluding ortho intramolecular Hbond substituents is 1. The number of carboxylic acid groups (broad SMARTS) is 2. The highest BCUT2D eigenvalue weighted by Gasteiger charge is 2.49. The lowest BCUT2D eigenvalue weighted by Gasteiger charge is -2.33. The molecule has 16 atom stereocenters. The molecule has 0 radical (unpaired) electrons. The number of aliphatic carboxylic acids is 1. The van der Waals surface area contributed by atoms with Crippen LogP contribution in [-0.2, 0) is 114 Å². The summed E-state index contributed by atoms with van der Waals surface area (Å²) >= 11 is 0. The minimum atomic E-state index is -1.98. The molecular formula is C99H120N20O22. The number of H-pyrrole nitrogens is 1. The number of nitrogens with one attached hydrogen (secondary N) is 12. The molecule has 748 valence electrons. The van der Waals surface area contributed by atoms with Crippen molar-refractivity contribution in [3.63, 3.8) is 0 Å². The Hall–Kier alpha value is -15.3. The van der Waals surface area contributed by atoms with Gasteiger partial charge < -0.3 is 119 Å². The van der Waals surface area contributed by atoms with E-state index in [1.54, 1.807) is 105 Å². The highest BCUT2D eigenvalue weighted by atomic mass is 16.5. The molecule has 4 saturated heterocycles. The number of aromatic nitrogens is 3. The number of ether oxygens (including phenoxy) is 2. The number of hydrogen-bond acceptors (Lipinski definition) is 24. The molecule has 42 nitrogen and oxygen atoms in total. The Morgan fingerprint density at radius 3 is 1.73 bits per heavy atom. The largest absolute Gasteiger partial charge is 0.508 e. The van der Waals surface area contributed by atoms with Gasteiger partial charge in [-0.25, -0.2) is 14.8 Å². The number of carbonyl (C=O) groups excluding carboxylic acids is 15. The first-order chi connectivity index (χ1) is 67.4. The Morgan fingerprint density at radius 1 is 0.539 bits per heavy atom. The molecule has 2 aromatic heterocycles. The van der Waals surface area contributed by atoms with Gasteiger partial charge >= 0.3 is 11.9 Å². The molecule has 6 aromatic carbocycles. The van der Waals surface area contributed by atoms with E-state index in [0.717, 1.165) is 27.8 Å². The number of aromatic amines is 1. The Bertz CT molecular complexity index is 5930. The number of aromatic hydroxyl groups is 1. The molecule has 4 aliphatic rings. The van der Waals surface area contributed by atoms with Gasteiger partial charge in [-0.2, -0.15) is 0 Å². The zero-order valence-corrected chi connectivity index (χ0v) is 79.1. The number of carbonyl (C=O) groups is 17. The van der Waals surface area contributed by atoms with Crippen molar-refractivity contribution in [1.29, 1.82) is 0 Å². The van der Waals surface area contributed by atoms with Crippen molar-refractivity contribution in [1.82, 2.24) is 93.0 Å². The number of nitrogens with two attached hydrogens (primary N) is 2. The molecule has 15 amide bonds. The van der Waals surface area contributed by atoms with Crippen LogP contribution < -0.4 is 74.7 Å². The number of fused-ring (bicyclic) bond motifs is 5. The summed E-state index contributed by atoms with van der Waals surface area (Å²) in [6.45, 7) is 5.21. The number of methoxy groups -OCH3 is 1. The van der Waals surface area contributed by atoms with Crippen LogP contribution >= 0.6 is 0 Å². The molecule has 0 saturated carbocycles. The van der Waals surface area contributed by atoms with E-state index in [4.69, 9.17) is 20.9 Å². The molecule has 19 N–H and O–H groups in total. The molecule has 4 aliphatic heterocycles. The summed E-state index contributed by atoms with van der Waals surface area (Å²) in [7, 11) is 2.54. The summed E-state index contributed by atoms with van der Waals surface area (Å²) in [4.78, 5) is 266. The van der Waals surface area contributed by atoms with E-state index >= 15 is 43.2 Å². The number of para-hydroxylation sites is 1. The van der Waals surface area contributed by atoms with Crippen molar-refractivity contribution in [2.75, 3.05) is 66.6 Å². The number of benzene rings is 6. The third-order valence-corrected chi connectivity index (χ3v) is 25.7. The van der Waals surface area contributed by atoms with Gasteiger partial charge in [-0.1, -0.05) is 103 Å². The van der Waals surface area contributed by atoms with Crippen molar-refractivity contribution >= 4 is 122 Å². The van der Waals surface area contributed by atoms with Crippen LogP contribution in [0.15, 0.2) is 158 Å². The number of carboxylic acids is 2. The first-order valence-corrected chi connectivity index (χ1v) is 46.6. The fraction of sp³-hybridized carbons (Fsp3) is 0.424. The second-order valence-electron chi connectivity index (χ2n) is 36.2. The van der Waals surface area contributed by atoms with E-state index in [2.05, 4.69) is 73.4 Å². The SMILES string of the molecule is COCCC[C@@H]1NC(=O)[C@H](Cc2ccc(O)cc2)NC(=O)CNC(=O)[C@@H](C)N(C)C(=O)[C@H](CC(=O)O)NC(=O)[C@H]([C@@H](C)c2cc(C)cc3ccccc23)NC(=O)[C@@H]2C[C@@H](N)CN2C(=O)CNC(=O)[C@H](Cc2ccc(C(=O)O)cc2)NC(=O)[C@H](Cc2c[nH]c3ccccc23)NC(=O)[C@H](Cc2ccc(OCCNC(C)=O)cc2)NC(=O)[C@@H]2C[C@@H](Cc3cncnc3)CN2C(=O)[C@H]2C[C@H](N)CN2C(=O)[C@H](C)NC1=O. The summed E-state index contributed by atoms with van der Waals surface area (Å²) in [6, 6.07) is 14.3. The van der Waals surface area contributed by atoms with Crippen LogP contribution in [0.25, 0.3) is 21.7 Å². The van der Waals surface area contributed by atoms with Gasteiger partial charge in [0.1, 0.15) is 96.9 Å². The topological polar surface area (TPSA) is 608 Å². The van der Waals surface area contributed by atoms with Crippen LogP contribution in [0, 0.1) is 12.8 Å². The van der Waals surface area contributed by atoms with E-state index in [1.807, 2.05) is 12.1 Å². The third kappa shape index (κ3) is 27.8. The number of likely N-dealkylation sites (N-methyl/N-ethyl adjacent to an activating group) is 1. The highest BCUT2D eigenvalue weighted by Crippen LogP contribution is 2.34. The summed E-state index contributed by atoms with van der Waals surface area (Å²) in [5.74, 6) is -17.9. The molecule has 6 heterocycles. The summed E-state index contributed by atoms with van der Waals surface area (Å²) in [5.41, 5.74) is 17.2. The maximum absolute atomic E-state index is 16.0. The first-order valence-electron chi connectivity index (χ1n) is 46.6. The number of phenols is 1. The Balaban J connectivity index is 0.921. The lowest BCUT2D eigenvalue weighted by Crippen LogP contribution is -2.60. The van der Waals surface area contributed by atoms with Crippen LogP contribution in [0.2, 0.25) is 0 Å². The third-order valence-electron chi connectivity index (χ3n) is 25.7. The summed E-state index contributed by atoms with van der Waals surface area (Å²) in [5, 5.41) is 62.1. The molecule has 0 bridgehead atoms. The zero-order valence-electron chi connectivity index (χ0n) is 79.1. The smallest absolute Gasteiger partial charge is 0.335 e. The minimum Gasteiger partial charge on any atom is -0.508 e. The first kappa shape index (κ1) is 105. The molecule has 141 heavy (non-hydrogen) atoms. The monoisotopic (exact) mass is 1940 g/mol. The molecule has 42 heteroatoms. The fourth-order valence-electron chi connectivity index (χ4n) is 18.2. The molecule has 8 aromatic rings. The predicted octanol–water partition coefficient (Wildman–Crippen LogP) is -0.379. The van der Waals surface area contributed by atoms with Crippen LogP contribution in [0.5, 0.6) is 11.5 Å². The average molecular weight is 1940 g/mol. The number of amides is 15. The summed E-state index contributed by atoms with van der Waals surface area (Å²) in [6.07, 6.45) is 3.44. The predicted molar refractivity (Wildman–Crippen MR) is 511 cm³/mol. The van der Waals surface area contributed by atoms with E-state index < -0.39 is 217 Å². The highest BCUT2D eigenvalue weighted by molar-refractivity contribution is 6.03. The lowest BCUT2D eigenvalue weighted by molar-refractivity contribution is -0.148. The van der Waals surface area contributed by atoms with Crippen molar-refractivity contribution < 1.29 is 106 Å². The molecule has 0 spiro atoms. The number of rotatable bonds is 23. The van der Waals surface area contributed by atoms with Gasteiger partial charge in [-0.3, -0.25) is 76.7 Å². The maximum atomic E-state index is 16.0. The van der Waals surface area contributed by atoms with E-state index in [-0.39, 0.29) is 120 Å². The number of aromatic carboxylic acids is 1. The lowest BCUT2D eigenvalue weighted by atomic mass is 9.87. The number of hydrogen-bond donors (Lipinski definition) is 17. The average Bonchev–Trinajstić information content (AvgIpc) is 1.67. The second kappa shape index (κ2) is 48.3. The van der Waals surface area contributed by atoms with Crippen molar-refractivity contribution in [3.8, 4) is 11.5 Å². The van der Waals surface area contributed by atoms with Crippen LogP contribution in [0.3, 0.4) is 0 Å². The van der Waals surface area contributed by atoms with Gasteiger partial charge in [0.2, 0.25) is 88.6 Å². The van der Waals surface area contributed by atoms with Gasteiger partial charge in [0.15, 0.2) is 0 Å². The fourth-order valence-corrected chi connectivity index (χ4v) is 18.2. The Kier molecular flexibility index (Phi) is 35.8. The normalized spacial score (nSPS) is 24.4. The van der Waals surface area contributed by atoms with E-state index in [0.29, 0.717) is 49.9 Å². The van der Waals surface area contributed by atoms with Gasteiger partial charge in [0, 0.05) is 121 Å². The van der Waals surface area contributed by atoms with Crippen molar-refractivity contribution in [2.45, 2.75) is 196 Å². The van der Waals surface area contributed by atoms with Crippen molar-refractivity contribution in [2.24, 2.45) is 17.4 Å². The van der Waals surface area contributed by atoms with Crippen LogP contribution in [-0.4, -0.2) is 302 Å². The molecule has 4 fully saturated rings. The van der Waals surface area contributed by atoms with E-state index in [1.165, 1.54) is 92.5 Å². The van der Waals surface area contributed by atoms with Gasteiger partial charge in [-0.05, 0) is 152 Å². The standard InChI is InChI=1S/C99H120N20O22/c1-53-33-64-13-8-9-14-70(64)72(34-53)54(2)86-95(134)114-79(43-85(124)125)97(136)116(6)56(4)87(126)106-47-83(122)109-76(37-59-20-26-68(121)27-21-59)90(129)110-74(17-12-31-140-7)89(128)108-55(3)96(135)119-51-67(101)42-82(119)98(137)118-49-61(35-62-44-102-52-103-45-62)39-80(118)93(132)113-77(38-60-22-28-69(29-23-60)141-32-30-104-57(5)120)91(130)112-78(40-65-46-105-73-16-11-10-15-71(65)73)92(131)111-75(36-58-18-24-63(25-19-58)99(138)139)88(127)107-48-84(123)117-50-66(100)41-81(117)94(133)115-86/h8-11,13-16,18-29,33-34,44-46,52,54-56,61,66-67,74-82,86,105,121H,12,17,30-32,35-43,47-51,100-101H2,1-7H3,(H,104,120)(H,106,126)(H,107,127)(H,108,128)(H,109,122)(H,110,129)(H,111,131)(H,112,130)(H,113,132)(H,114,134)(H,115,133)(H,124,125)(H,138,139)/t54-,55-,56+,61+,66+,67-,74-,75-,76-,77-,78-,79-,80-,81-,82+,86-/m0/s1. The van der Waals surface area contributed by atoms with Crippen LogP contribution in [0.1, 0.15) is 121 Å². The molecule has 0 unspecified atom stereocenters. The number of aryl methyl sites for hydroxylation is 1. The number of nitrogens with zero attached hydrogens (tertiary/aromatic N) is 6.